The van der Waals surface area contributed by atoms with Gasteiger partial charge in [-0.2, -0.15) is 0 Å². The topological polar surface area (TPSA) is 55.1 Å². The van der Waals surface area contributed by atoms with Gasteiger partial charge >= 0.3 is 0 Å². The second kappa shape index (κ2) is 7.60. The van der Waals surface area contributed by atoms with Crippen LogP contribution < -0.4 is 11.1 Å². The van der Waals surface area contributed by atoms with Crippen molar-refractivity contribution in [2.24, 2.45) is 11.7 Å². The van der Waals surface area contributed by atoms with E-state index in [0.29, 0.717) is 22.5 Å². The van der Waals surface area contributed by atoms with Crippen molar-refractivity contribution in [3.05, 3.63) is 33.8 Å². The molecular formula is C17H23Cl3N2O. The molecule has 0 saturated heterocycles. The summed E-state index contributed by atoms with van der Waals surface area (Å²) >= 11 is 12.1. The van der Waals surface area contributed by atoms with Gasteiger partial charge in [0.25, 0.3) is 0 Å². The van der Waals surface area contributed by atoms with Gasteiger partial charge in [-0.1, -0.05) is 42.1 Å². The molecule has 3 nitrogen and oxygen atoms in total. The van der Waals surface area contributed by atoms with Gasteiger partial charge in [-0.25, -0.2) is 0 Å². The van der Waals surface area contributed by atoms with Gasteiger partial charge in [-0.15, -0.1) is 12.4 Å². The van der Waals surface area contributed by atoms with Gasteiger partial charge < -0.3 is 11.1 Å². The zero-order valence-electron chi connectivity index (χ0n) is 13.0. The summed E-state index contributed by atoms with van der Waals surface area (Å²) in [6, 6.07) is 5.78. The Hall–Kier alpha value is -0.480. The maximum atomic E-state index is 12.9. The second-order valence-corrected chi connectivity index (χ2v) is 7.39. The van der Waals surface area contributed by atoms with Gasteiger partial charge in [-0.3, -0.25) is 4.79 Å². The molecule has 0 aromatic heterocycles. The highest BCUT2D eigenvalue weighted by atomic mass is 35.5. The predicted octanol–water partition coefficient (Wildman–Crippen LogP) is 4.08. The first-order chi connectivity index (χ1) is 10.6. The summed E-state index contributed by atoms with van der Waals surface area (Å²) < 4.78 is 0. The van der Waals surface area contributed by atoms with Crippen LogP contribution in [0.3, 0.4) is 0 Å². The molecule has 2 aliphatic carbocycles. The molecule has 2 fully saturated rings. The lowest BCUT2D eigenvalue weighted by atomic mass is 9.63. The van der Waals surface area contributed by atoms with Crippen molar-refractivity contribution >= 4 is 41.5 Å². The fourth-order valence-corrected chi connectivity index (χ4v) is 4.08. The number of halogens is 3. The fourth-order valence-electron chi connectivity index (χ4n) is 3.79. The van der Waals surface area contributed by atoms with Gasteiger partial charge in [0.2, 0.25) is 5.91 Å². The van der Waals surface area contributed by atoms with Crippen molar-refractivity contribution in [1.29, 1.82) is 0 Å². The van der Waals surface area contributed by atoms with Crippen molar-refractivity contribution in [3.8, 4) is 0 Å². The van der Waals surface area contributed by atoms with E-state index in [-0.39, 0.29) is 24.4 Å². The molecule has 6 heteroatoms. The van der Waals surface area contributed by atoms with Gasteiger partial charge in [0.05, 0.1) is 15.5 Å². The third kappa shape index (κ3) is 3.48. The number of nitrogens with one attached hydrogen (secondary N) is 1. The molecule has 1 amide bonds. The Morgan fingerprint density at radius 1 is 1.22 bits per heavy atom. The molecule has 0 bridgehead atoms. The number of amides is 1. The molecule has 3 N–H and O–H groups in total. The maximum absolute atomic E-state index is 12.9. The fraction of sp³-hybridized carbons (Fsp3) is 0.588. The van der Waals surface area contributed by atoms with Crippen LogP contribution in [-0.4, -0.2) is 18.5 Å². The highest BCUT2D eigenvalue weighted by molar-refractivity contribution is 6.42. The minimum Gasteiger partial charge on any atom is -0.352 e. The highest BCUT2D eigenvalue weighted by Gasteiger charge is 2.47. The van der Waals surface area contributed by atoms with E-state index in [2.05, 4.69) is 5.32 Å². The number of hydrogen-bond donors (Lipinski definition) is 2. The zero-order chi connectivity index (χ0) is 15.7. The van der Waals surface area contributed by atoms with Crippen LogP contribution >= 0.6 is 35.6 Å². The third-order valence-electron chi connectivity index (χ3n) is 5.39. The van der Waals surface area contributed by atoms with Crippen molar-refractivity contribution in [2.75, 3.05) is 6.54 Å². The van der Waals surface area contributed by atoms with E-state index in [1.165, 1.54) is 0 Å². The summed E-state index contributed by atoms with van der Waals surface area (Å²) in [5.74, 6) is 0.539. The Balaban J connectivity index is 0.00000192. The Bertz CT molecular complexity index is 575. The molecule has 128 valence electrons. The quantitative estimate of drug-likeness (QED) is 0.830. The van der Waals surface area contributed by atoms with E-state index in [4.69, 9.17) is 28.9 Å². The van der Waals surface area contributed by atoms with Crippen molar-refractivity contribution in [2.45, 2.75) is 50.0 Å². The van der Waals surface area contributed by atoms with Crippen LogP contribution in [0.15, 0.2) is 18.2 Å². The second-order valence-electron chi connectivity index (χ2n) is 6.57. The summed E-state index contributed by atoms with van der Waals surface area (Å²) in [5, 5.41) is 4.30. The molecule has 0 aliphatic heterocycles. The standard InChI is InChI=1S/C17H22Cl2N2O.ClH/c18-13-6-5-12(9-14(13)19)17(7-2-8-17)16(22)21-15-4-1-3-11(15)10-20;/h5-6,9,11,15H,1-4,7-8,10,20H2,(H,21,22);1H. The molecule has 3 rings (SSSR count). The van der Waals surface area contributed by atoms with Crippen molar-refractivity contribution < 1.29 is 4.79 Å². The highest BCUT2D eigenvalue weighted by Crippen LogP contribution is 2.45. The molecule has 0 heterocycles. The van der Waals surface area contributed by atoms with Crippen LogP contribution in [0.5, 0.6) is 0 Å². The molecule has 1 aromatic rings. The smallest absolute Gasteiger partial charge is 0.230 e. The van der Waals surface area contributed by atoms with E-state index >= 15 is 0 Å². The first-order valence-corrected chi connectivity index (χ1v) is 8.79. The number of rotatable bonds is 4. The van der Waals surface area contributed by atoms with Crippen LogP contribution in [0.1, 0.15) is 44.1 Å². The molecule has 0 radical (unpaired) electrons. The van der Waals surface area contributed by atoms with E-state index < -0.39 is 5.41 Å². The Labute approximate surface area is 153 Å². The molecule has 2 unspecified atom stereocenters. The first kappa shape index (κ1) is 18.9. The van der Waals surface area contributed by atoms with Gasteiger partial charge in [0.1, 0.15) is 0 Å². The van der Waals surface area contributed by atoms with Gasteiger partial charge in [0, 0.05) is 6.04 Å². The molecular weight excluding hydrogens is 355 g/mol. The normalized spacial score (nSPS) is 25.3. The minimum absolute atomic E-state index is 0. The number of nitrogens with two attached hydrogens (primary N) is 1. The molecule has 1 aromatic carbocycles. The van der Waals surface area contributed by atoms with Gasteiger partial charge in [-0.05, 0) is 55.8 Å². The van der Waals surface area contributed by atoms with E-state index in [0.717, 1.165) is 44.1 Å². The van der Waals surface area contributed by atoms with Crippen LogP contribution in [0, 0.1) is 5.92 Å². The summed E-state index contributed by atoms with van der Waals surface area (Å²) in [7, 11) is 0. The Morgan fingerprint density at radius 2 is 1.96 bits per heavy atom. The predicted molar refractivity (Wildman–Crippen MR) is 97.6 cm³/mol. The van der Waals surface area contributed by atoms with E-state index in [9.17, 15) is 4.79 Å². The Morgan fingerprint density at radius 3 is 2.52 bits per heavy atom. The number of hydrogen-bond acceptors (Lipinski definition) is 2. The lowest BCUT2D eigenvalue weighted by molar-refractivity contribution is -0.130. The number of carbonyl (C=O) groups is 1. The van der Waals surface area contributed by atoms with Crippen LogP contribution in [-0.2, 0) is 10.2 Å². The molecule has 23 heavy (non-hydrogen) atoms. The third-order valence-corrected chi connectivity index (χ3v) is 6.13. The summed E-state index contributed by atoms with van der Waals surface area (Å²) in [4.78, 5) is 12.9. The average Bonchev–Trinajstić information content (AvgIpc) is 2.88. The Kier molecular flexibility index (Phi) is 6.23. The largest absolute Gasteiger partial charge is 0.352 e. The summed E-state index contributed by atoms with van der Waals surface area (Å²) in [5.41, 5.74) is 6.36. The lowest BCUT2D eigenvalue weighted by Crippen LogP contribution is -2.53. The van der Waals surface area contributed by atoms with Crippen molar-refractivity contribution in [1.82, 2.24) is 5.32 Å². The number of benzene rings is 1. The molecule has 2 saturated carbocycles. The molecule has 2 atom stereocenters. The van der Waals surface area contributed by atoms with E-state index in [1.807, 2.05) is 12.1 Å². The zero-order valence-corrected chi connectivity index (χ0v) is 15.3. The van der Waals surface area contributed by atoms with Crippen LogP contribution in [0.4, 0.5) is 0 Å². The van der Waals surface area contributed by atoms with E-state index in [1.54, 1.807) is 6.07 Å². The lowest BCUT2D eigenvalue weighted by Gasteiger charge is -2.42. The van der Waals surface area contributed by atoms with Crippen LogP contribution in [0.25, 0.3) is 0 Å². The SMILES string of the molecule is Cl.NCC1CCCC1NC(=O)C1(c2ccc(Cl)c(Cl)c2)CCC1. The first-order valence-electron chi connectivity index (χ1n) is 8.03. The molecule has 0 spiro atoms. The number of carbonyl (C=O) groups excluding carboxylic acids is 1. The summed E-state index contributed by atoms with van der Waals surface area (Å²) in [6.45, 7) is 0.644. The van der Waals surface area contributed by atoms with Crippen LogP contribution in [0.2, 0.25) is 10.0 Å². The summed E-state index contributed by atoms with van der Waals surface area (Å²) in [6.07, 6.45) is 6.10. The molecule has 2 aliphatic rings. The van der Waals surface area contributed by atoms with Crippen molar-refractivity contribution in [3.63, 3.8) is 0 Å². The van der Waals surface area contributed by atoms with Gasteiger partial charge in [0.15, 0.2) is 0 Å². The monoisotopic (exact) mass is 376 g/mol. The minimum atomic E-state index is -0.435. The maximum Gasteiger partial charge on any atom is 0.230 e. The average molecular weight is 378 g/mol.